The number of nitrogens with zero attached hydrogens (tertiary/aromatic N) is 2. The Hall–Kier alpha value is -3.74. The van der Waals surface area contributed by atoms with Crippen molar-refractivity contribution in [3.8, 4) is 11.3 Å². The smallest absolute Gasteiger partial charge is 0.251 e. The van der Waals surface area contributed by atoms with Crippen LogP contribution in [0, 0.1) is 11.7 Å². The molecule has 12 heteroatoms. The van der Waals surface area contributed by atoms with Crippen molar-refractivity contribution >= 4 is 27.2 Å². The van der Waals surface area contributed by atoms with Gasteiger partial charge in [-0.1, -0.05) is 6.92 Å². The molecule has 1 aromatic carbocycles. The fourth-order valence-electron chi connectivity index (χ4n) is 5.73. The number of nitrogens with two attached hydrogens (primary N) is 2. The van der Waals surface area contributed by atoms with Crippen LogP contribution in [0.1, 0.15) is 71.5 Å². The van der Waals surface area contributed by atoms with Crippen molar-refractivity contribution in [2.24, 2.45) is 11.7 Å². The third-order valence-corrected chi connectivity index (χ3v) is 8.72. The van der Waals surface area contributed by atoms with Crippen molar-refractivity contribution in [2.75, 3.05) is 24.3 Å². The Morgan fingerprint density at radius 1 is 1.16 bits per heavy atom. The van der Waals surface area contributed by atoms with Gasteiger partial charge in [0.25, 0.3) is 5.91 Å². The van der Waals surface area contributed by atoms with Crippen LogP contribution in [0.15, 0.2) is 48.8 Å². The molecule has 10 nitrogen and oxygen atoms in total. The van der Waals surface area contributed by atoms with E-state index < -0.39 is 15.7 Å². The van der Waals surface area contributed by atoms with Gasteiger partial charge in [0.05, 0.1) is 29.8 Å². The standard InChI is InChI=1S/C32H40FN5O5S/c1-18(2)37-32(40)20-5-6-25(33)24(14-20)28-8-7-26(34)30(38-28)29(39)16-22-17-36-10-9-23(22)21-13-19(3)31(27(35)15-21)43-11-12-44(4,41)42/h5-10,14,17-19,21,27,31H,11-13,15-16,34-35H2,1-4H3,(H,37,40)/t19-,21+,27+,31-/m0/s1. The molecule has 1 aliphatic rings. The zero-order chi connectivity index (χ0) is 32.2. The second-order valence-electron chi connectivity index (χ2n) is 11.9. The van der Waals surface area contributed by atoms with E-state index in [-0.39, 0.29) is 88.7 Å². The minimum atomic E-state index is -3.14. The van der Waals surface area contributed by atoms with Gasteiger partial charge in [0.2, 0.25) is 0 Å². The number of pyridine rings is 2. The first-order valence-corrected chi connectivity index (χ1v) is 16.7. The van der Waals surface area contributed by atoms with E-state index in [2.05, 4.69) is 15.3 Å². The second kappa shape index (κ2) is 13.9. The van der Waals surface area contributed by atoms with Gasteiger partial charge in [0.1, 0.15) is 21.3 Å². The number of aromatic nitrogens is 2. The van der Waals surface area contributed by atoms with Crippen LogP contribution in [0.4, 0.5) is 10.1 Å². The van der Waals surface area contributed by atoms with Crippen molar-refractivity contribution in [2.45, 2.75) is 64.1 Å². The maximum atomic E-state index is 14.9. The molecular weight excluding hydrogens is 585 g/mol. The summed E-state index contributed by atoms with van der Waals surface area (Å²) in [6.45, 7) is 5.77. The average Bonchev–Trinajstić information content (AvgIpc) is 2.94. The Balaban J connectivity index is 1.54. The van der Waals surface area contributed by atoms with Crippen LogP contribution in [0.3, 0.4) is 0 Å². The molecule has 44 heavy (non-hydrogen) atoms. The van der Waals surface area contributed by atoms with Gasteiger partial charge in [-0.15, -0.1) is 0 Å². The van der Waals surface area contributed by atoms with Crippen LogP contribution < -0.4 is 16.8 Å². The van der Waals surface area contributed by atoms with E-state index in [0.717, 1.165) is 12.0 Å². The summed E-state index contributed by atoms with van der Waals surface area (Å²) in [5.74, 6) is -1.26. The quantitative estimate of drug-likeness (QED) is 0.269. The lowest BCUT2D eigenvalue weighted by Gasteiger charge is -2.39. The number of nitrogens with one attached hydrogen (secondary N) is 1. The number of rotatable bonds is 11. The number of ketones is 1. The summed E-state index contributed by atoms with van der Waals surface area (Å²) < 4.78 is 43.8. The average molecular weight is 626 g/mol. The Morgan fingerprint density at radius 2 is 1.91 bits per heavy atom. The maximum Gasteiger partial charge on any atom is 0.251 e. The number of halogens is 1. The Morgan fingerprint density at radius 3 is 2.59 bits per heavy atom. The topological polar surface area (TPSA) is 167 Å². The van der Waals surface area contributed by atoms with Crippen LogP contribution >= 0.6 is 0 Å². The highest BCUT2D eigenvalue weighted by atomic mass is 32.2. The van der Waals surface area contributed by atoms with Crippen molar-refractivity contribution in [1.82, 2.24) is 15.3 Å². The third-order valence-electron chi connectivity index (χ3n) is 7.81. The Labute approximate surface area is 257 Å². The summed E-state index contributed by atoms with van der Waals surface area (Å²) in [6.07, 6.45) is 5.51. The predicted molar refractivity (Wildman–Crippen MR) is 167 cm³/mol. The van der Waals surface area contributed by atoms with E-state index in [1.54, 1.807) is 12.4 Å². The van der Waals surface area contributed by atoms with Gasteiger partial charge in [-0.05, 0) is 86.1 Å². The second-order valence-corrected chi connectivity index (χ2v) is 14.2. The SMILES string of the molecule is CC(C)NC(=O)c1ccc(F)c(-c2ccc(N)c(C(=O)Cc3cnccc3[C@H]3C[C@@H](N)[C@@H](OCCS(C)(=O)=O)[C@@H](C)C3)n2)c1. The van der Waals surface area contributed by atoms with Crippen LogP contribution in [0.25, 0.3) is 11.3 Å². The van der Waals surface area contributed by atoms with Gasteiger partial charge < -0.3 is 21.5 Å². The minimum Gasteiger partial charge on any atom is -0.397 e. The molecule has 4 rings (SSSR count). The highest BCUT2D eigenvalue weighted by Gasteiger charge is 2.36. The molecule has 0 bridgehead atoms. The van der Waals surface area contributed by atoms with Crippen molar-refractivity contribution in [3.63, 3.8) is 0 Å². The molecule has 1 fully saturated rings. The predicted octanol–water partition coefficient (Wildman–Crippen LogP) is 3.70. The number of ether oxygens (including phenoxy) is 1. The Kier molecular flexibility index (Phi) is 10.5. The normalized spacial score (nSPS) is 20.4. The molecule has 1 aliphatic carbocycles. The number of benzene rings is 1. The fourth-order valence-corrected chi connectivity index (χ4v) is 6.13. The van der Waals surface area contributed by atoms with Crippen molar-refractivity contribution < 1.29 is 27.1 Å². The molecule has 0 saturated heterocycles. The highest BCUT2D eigenvalue weighted by molar-refractivity contribution is 7.90. The molecule has 5 N–H and O–H groups in total. The van der Waals surface area contributed by atoms with E-state index in [0.29, 0.717) is 12.0 Å². The van der Waals surface area contributed by atoms with Gasteiger partial charge in [0, 0.05) is 48.3 Å². The van der Waals surface area contributed by atoms with Gasteiger partial charge in [-0.3, -0.25) is 14.6 Å². The first-order valence-electron chi connectivity index (χ1n) is 14.6. The maximum absolute atomic E-state index is 14.9. The van der Waals surface area contributed by atoms with E-state index in [9.17, 15) is 22.4 Å². The van der Waals surface area contributed by atoms with Crippen LogP contribution in [0.2, 0.25) is 0 Å². The Bertz CT molecular complexity index is 1620. The monoisotopic (exact) mass is 625 g/mol. The first-order chi connectivity index (χ1) is 20.7. The van der Waals surface area contributed by atoms with E-state index in [1.807, 2.05) is 26.8 Å². The summed E-state index contributed by atoms with van der Waals surface area (Å²) in [7, 11) is -3.14. The molecule has 1 saturated carbocycles. The van der Waals surface area contributed by atoms with Crippen LogP contribution in [0.5, 0.6) is 0 Å². The fraction of sp³-hybridized carbons (Fsp3) is 0.438. The molecule has 1 amide bonds. The van der Waals surface area contributed by atoms with Crippen molar-refractivity contribution in [3.05, 3.63) is 77.0 Å². The highest BCUT2D eigenvalue weighted by Crippen LogP contribution is 2.38. The molecule has 2 heterocycles. The molecule has 4 atom stereocenters. The lowest BCUT2D eigenvalue weighted by molar-refractivity contribution is -0.0154. The summed E-state index contributed by atoms with van der Waals surface area (Å²) >= 11 is 0. The number of amides is 1. The van der Waals surface area contributed by atoms with Gasteiger partial charge >= 0.3 is 0 Å². The molecule has 0 radical (unpaired) electrons. The summed E-state index contributed by atoms with van der Waals surface area (Å²) in [5.41, 5.74) is 15.0. The number of hydrogen-bond donors (Lipinski definition) is 3. The molecule has 2 aromatic heterocycles. The third kappa shape index (κ3) is 8.25. The zero-order valence-electron chi connectivity index (χ0n) is 25.4. The van der Waals surface area contributed by atoms with Crippen LogP contribution in [-0.2, 0) is 21.0 Å². The minimum absolute atomic E-state index is 0.00166. The number of Topliss-reactive ketones (excluding diaryl/α,β-unsaturated/α-hetero) is 1. The van der Waals surface area contributed by atoms with Gasteiger partial charge in [-0.25, -0.2) is 17.8 Å². The van der Waals surface area contributed by atoms with E-state index in [1.165, 1.54) is 36.6 Å². The molecule has 0 aliphatic heterocycles. The molecule has 0 spiro atoms. The van der Waals surface area contributed by atoms with E-state index >= 15 is 0 Å². The summed E-state index contributed by atoms with van der Waals surface area (Å²) in [4.78, 5) is 34.8. The molecular formula is C32H40FN5O5S. The van der Waals surface area contributed by atoms with Gasteiger partial charge in [-0.2, -0.15) is 0 Å². The van der Waals surface area contributed by atoms with E-state index in [4.69, 9.17) is 16.2 Å². The van der Waals surface area contributed by atoms with Crippen LogP contribution in [-0.4, -0.2) is 66.9 Å². The lowest BCUT2D eigenvalue weighted by Crippen LogP contribution is -2.47. The first kappa shape index (κ1) is 33.2. The van der Waals surface area contributed by atoms with Gasteiger partial charge in [0.15, 0.2) is 5.78 Å². The number of hydrogen-bond acceptors (Lipinski definition) is 9. The summed E-state index contributed by atoms with van der Waals surface area (Å²) in [5, 5.41) is 2.78. The van der Waals surface area contributed by atoms with Crippen molar-refractivity contribution in [1.29, 1.82) is 0 Å². The largest absolute Gasteiger partial charge is 0.397 e. The number of sulfone groups is 1. The molecule has 236 valence electrons. The number of carbonyl (C=O) groups excluding carboxylic acids is 2. The summed E-state index contributed by atoms with van der Waals surface area (Å²) in [6, 6.07) is 8.49. The lowest BCUT2D eigenvalue weighted by atomic mass is 9.73. The molecule has 0 unspecified atom stereocenters. The zero-order valence-corrected chi connectivity index (χ0v) is 26.2. The number of nitrogen functional groups attached to an aromatic ring is 1. The molecule has 3 aromatic rings. The number of anilines is 1. The number of carbonyl (C=O) groups is 2.